The average Bonchev–Trinajstić information content (AvgIpc) is 3.03. The largest absolute Gasteiger partial charge is 0.378 e. The van der Waals surface area contributed by atoms with E-state index in [1.807, 2.05) is 29.6 Å². The average molecular weight is 326 g/mol. The molecule has 5 nitrogen and oxygen atoms in total. The molecule has 1 saturated heterocycles. The first kappa shape index (κ1) is 15.9. The number of nitrogens with one attached hydrogen (secondary N) is 2. The van der Waals surface area contributed by atoms with Crippen LogP contribution in [0.3, 0.4) is 0 Å². The van der Waals surface area contributed by atoms with Crippen molar-refractivity contribution in [3.8, 4) is 10.6 Å². The van der Waals surface area contributed by atoms with Crippen LogP contribution in [0.25, 0.3) is 10.6 Å². The third-order valence-electron chi connectivity index (χ3n) is 3.05. The van der Waals surface area contributed by atoms with Crippen LogP contribution in [-0.4, -0.2) is 36.7 Å². The van der Waals surface area contributed by atoms with Gasteiger partial charge in [-0.1, -0.05) is 12.1 Å². The number of anilines is 1. The molecule has 1 aromatic heterocycles. The summed E-state index contributed by atoms with van der Waals surface area (Å²) in [4.78, 5) is 16.4. The molecular formula is C14H16ClN3O2S. The molecule has 7 heteroatoms. The van der Waals surface area contributed by atoms with Crippen molar-refractivity contribution in [1.82, 2.24) is 10.3 Å². The summed E-state index contributed by atoms with van der Waals surface area (Å²) >= 11 is 1.58. The summed E-state index contributed by atoms with van der Waals surface area (Å²) in [5.41, 5.74) is 1.78. The van der Waals surface area contributed by atoms with Crippen LogP contribution in [0.15, 0.2) is 35.8 Å². The Morgan fingerprint density at radius 1 is 1.48 bits per heavy atom. The number of benzene rings is 1. The van der Waals surface area contributed by atoms with Crippen LogP contribution in [0.5, 0.6) is 0 Å². The number of ether oxygens (including phenoxy) is 1. The van der Waals surface area contributed by atoms with Gasteiger partial charge in [0, 0.05) is 29.4 Å². The van der Waals surface area contributed by atoms with Gasteiger partial charge in [-0.3, -0.25) is 4.79 Å². The number of morpholine rings is 1. The highest BCUT2D eigenvalue weighted by Crippen LogP contribution is 2.24. The van der Waals surface area contributed by atoms with Crippen LogP contribution >= 0.6 is 23.7 Å². The lowest BCUT2D eigenvalue weighted by molar-refractivity contribution is -0.120. The van der Waals surface area contributed by atoms with Crippen LogP contribution in [-0.2, 0) is 9.53 Å². The Bertz CT molecular complexity index is 586. The zero-order valence-corrected chi connectivity index (χ0v) is 12.9. The van der Waals surface area contributed by atoms with Crippen molar-refractivity contribution in [2.24, 2.45) is 0 Å². The number of aromatic nitrogens is 1. The van der Waals surface area contributed by atoms with Gasteiger partial charge in [0.15, 0.2) is 0 Å². The first-order chi connectivity index (χ1) is 9.83. The van der Waals surface area contributed by atoms with Crippen molar-refractivity contribution in [3.63, 3.8) is 0 Å². The molecule has 0 radical (unpaired) electrons. The van der Waals surface area contributed by atoms with Gasteiger partial charge in [-0.15, -0.1) is 23.7 Å². The third-order valence-corrected chi connectivity index (χ3v) is 3.87. The Kier molecular flexibility index (Phi) is 5.69. The van der Waals surface area contributed by atoms with Crippen molar-refractivity contribution >= 4 is 35.3 Å². The summed E-state index contributed by atoms with van der Waals surface area (Å²) in [6.07, 6.45) is 1.77. The molecule has 3 rings (SSSR count). The van der Waals surface area contributed by atoms with E-state index in [1.54, 1.807) is 17.5 Å². The second-order valence-corrected chi connectivity index (χ2v) is 5.38. The molecule has 0 saturated carbocycles. The van der Waals surface area contributed by atoms with Crippen LogP contribution in [0.1, 0.15) is 0 Å². The van der Waals surface area contributed by atoms with Crippen LogP contribution < -0.4 is 10.6 Å². The topological polar surface area (TPSA) is 63.2 Å². The quantitative estimate of drug-likeness (QED) is 0.907. The summed E-state index contributed by atoms with van der Waals surface area (Å²) in [6.45, 7) is 1.78. The lowest BCUT2D eigenvalue weighted by Gasteiger charge is -2.22. The summed E-state index contributed by atoms with van der Waals surface area (Å²) in [5.74, 6) is -0.0685. The number of halogens is 1. The second-order valence-electron chi connectivity index (χ2n) is 4.49. The van der Waals surface area contributed by atoms with Gasteiger partial charge < -0.3 is 15.4 Å². The molecule has 2 aromatic rings. The molecule has 1 aromatic carbocycles. The number of thiazole rings is 1. The zero-order chi connectivity index (χ0) is 13.8. The fourth-order valence-corrected chi connectivity index (χ4v) is 2.69. The number of hydrogen-bond donors (Lipinski definition) is 2. The van der Waals surface area contributed by atoms with Crippen molar-refractivity contribution in [2.45, 2.75) is 6.04 Å². The first-order valence-electron chi connectivity index (χ1n) is 6.45. The van der Waals surface area contributed by atoms with E-state index in [2.05, 4.69) is 15.6 Å². The highest BCUT2D eigenvalue weighted by Gasteiger charge is 2.21. The molecule has 1 atom stereocenters. The SMILES string of the molecule is Cl.O=C(Nc1cccc(-c2nccs2)c1)C1COCCN1. The molecule has 1 aliphatic heterocycles. The molecular weight excluding hydrogens is 310 g/mol. The van der Waals surface area contributed by atoms with Gasteiger partial charge in [-0.05, 0) is 12.1 Å². The van der Waals surface area contributed by atoms with Gasteiger partial charge in [-0.25, -0.2) is 4.98 Å². The van der Waals surface area contributed by atoms with Gasteiger partial charge in [-0.2, -0.15) is 0 Å². The Morgan fingerprint density at radius 3 is 3.10 bits per heavy atom. The van der Waals surface area contributed by atoms with Gasteiger partial charge >= 0.3 is 0 Å². The standard InChI is InChI=1S/C14H15N3O2S.ClH/c18-13(12-9-19-6-4-15-12)17-11-3-1-2-10(8-11)14-16-5-7-20-14;/h1-3,5,7-8,12,15H,4,6,9H2,(H,17,18);1H. The summed E-state index contributed by atoms with van der Waals surface area (Å²) in [6, 6.07) is 7.42. The molecule has 112 valence electrons. The summed E-state index contributed by atoms with van der Waals surface area (Å²) in [5, 5.41) is 8.92. The molecule has 0 bridgehead atoms. The van der Waals surface area contributed by atoms with Crippen LogP contribution in [0.4, 0.5) is 5.69 Å². The molecule has 1 amide bonds. The van der Waals surface area contributed by atoms with E-state index in [-0.39, 0.29) is 24.4 Å². The van der Waals surface area contributed by atoms with Crippen molar-refractivity contribution in [2.75, 3.05) is 25.1 Å². The van der Waals surface area contributed by atoms with Crippen molar-refractivity contribution in [1.29, 1.82) is 0 Å². The normalized spacial score (nSPS) is 17.8. The Labute approximate surface area is 133 Å². The highest BCUT2D eigenvalue weighted by atomic mass is 35.5. The predicted octanol–water partition coefficient (Wildman–Crippen LogP) is 2.16. The molecule has 1 fully saturated rings. The lowest BCUT2D eigenvalue weighted by atomic mass is 10.2. The maximum Gasteiger partial charge on any atom is 0.243 e. The highest BCUT2D eigenvalue weighted by molar-refractivity contribution is 7.13. The van der Waals surface area contributed by atoms with E-state index in [1.165, 1.54) is 0 Å². The smallest absolute Gasteiger partial charge is 0.243 e. The molecule has 0 aliphatic carbocycles. The Balaban J connectivity index is 0.00000161. The fourth-order valence-electron chi connectivity index (χ4n) is 2.06. The van der Waals surface area contributed by atoms with E-state index in [0.717, 1.165) is 16.3 Å². The molecule has 1 unspecified atom stereocenters. The monoisotopic (exact) mass is 325 g/mol. The van der Waals surface area contributed by atoms with Crippen LogP contribution in [0, 0.1) is 0 Å². The number of carbonyl (C=O) groups excluding carboxylic acids is 1. The third kappa shape index (κ3) is 4.01. The van der Waals surface area contributed by atoms with Crippen molar-refractivity contribution < 1.29 is 9.53 Å². The summed E-state index contributed by atoms with van der Waals surface area (Å²) < 4.78 is 5.29. The number of hydrogen-bond acceptors (Lipinski definition) is 5. The minimum atomic E-state index is -0.285. The van der Waals surface area contributed by atoms with E-state index in [4.69, 9.17) is 4.74 Å². The van der Waals surface area contributed by atoms with Crippen LogP contribution in [0.2, 0.25) is 0 Å². The lowest BCUT2D eigenvalue weighted by Crippen LogP contribution is -2.48. The van der Waals surface area contributed by atoms with Gasteiger partial charge in [0.25, 0.3) is 0 Å². The predicted molar refractivity (Wildman–Crippen MR) is 86.0 cm³/mol. The maximum absolute atomic E-state index is 12.1. The zero-order valence-electron chi connectivity index (χ0n) is 11.2. The Morgan fingerprint density at radius 2 is 2.38 bits per heavy atom. The van der Waals surface area contributed by atoms with Crippen molar-refractivity contribution in [3.05, 3.63) is 35.8 Å². The van der Waals surface area contributed by atoms with E-state index in [0.29, 0.717) is 19.8 Å². The fraction of sp³-hybridized carbons (Fsp3) is 0.286. The number of carbonyl (C=O) groups is 1. The molecule has 2 N–H and O–H groups in total. The number of rotatable bonds is 3. The van der Waals surface area contributed by atoms with Gasteiger partial charge in [0.2, 0.25) is 5.91 Å². The Hall–Kier alpha value is -1.47. The molecule has 1 aliphatic rings. The van der Waals surface area contributed by atoms with Gasteiger partial charge in [0.1, 0.15) is 11.0 Å². The number of amides is 1. The van der Waals surface area contributed by atoms with E-state index >= 15 is 0 Å². The number of nitrogens with zero attached hydrogens (tertiary/aromatic N) is 1. The minimum Gasteiger partial charge on any atom is -0.378 e. The summed E-state index contributed by atoms with van der Waals surface area (Å²) in [7, 11) is 0. The first-order valence-corrected chi connectivity index (χ1v) is 7.33. The minimum absolute atomic E-state index is 0. The second kappa shape index (κ2) is 7.51. The molecule has 2 heterocycles. The van der Waals surface area contributed by atoms with Gasteiger partial charge in [0.05, 0.1) is 13.2 Å². The molecule has 0 spiro atoms. The van der Waals surface area contributed by atoms with E-state index in [9.17, 15) is 4.79 Å². The molecule has 21 heavy (non-hydrogen) atoms. The maximum atomic E-state index is 12.1. The van der Waals surface area contributed by atoms with E-state index < -0.39 is 0 Å².